The van der Waals surface area contributed by atoms with E-state index in [9.17, 15) is 15.2 Å². The van der Waals surface area contributed by atoms with Crippen LogP contribution < -0.4 is 9.47 Å². The fraction of sp³-hybridized carbons (Fsp3) is 0.292. The van der Waals surface area contributed by atoms with Gasteiger partial charge in [0.2, 0.25) is 0 Å². The first-order valence-electron chi connectivity index (χ1n) is 20.1. The number of fused-ring (bicyclic) bond motifs is 4. The molecule has 4 aromatic heterocycles. The number of aliphatic carboxylic acids is 1. The summed E-state index contributed by atoms with van der Waals surface area (Å²) in [5.74, 6) is 0.339. The lowest BCUT2D eigenvalue weighted by atomic mass is 10.0. The Labute approximate surface area is 346 Å². The number of nitriles is 1. The van der Waals surface area contributed by atoms with E-state index in [-0.39, 0.29) is 5.57 Å². The third-order valence-electron chi connectivity index (χ3n) is 10.7. The van der Waals surface area contributed by atoms with E-state index in [0.717, 1.165) is 80.8 Å². The quantitative estimate of drug-likeness (QED) is 0.0597. The van der Waals surface area contributed by atoms with E-state index in [1.807, 2.05) is 17.4 Å². The van der Waals surface area contributed by atoms with Gasteiger partial charge in [-0.15, -0.1) is 34.0 Å². The van der Waals surface area contributed by atoms with E-state index in [1.54, 1.807) is 11.3 Å². The summed E-state index contributed by atoms with van der Waals surface area (Å²) in [5, 5.41) is 21.7. The van der Waals surface area contributed by atoms with Gasteiger partial charge in [0, 0.05) is 31.1 Å². The fourth-order valence-electron chi connectivity index (χ4n) is 7.86. The third-order valence-corrected chi connectivity index (χ3v) is 14.5. The van der Waals surface area contributed by atoms with Crippen LogP contribution in [0.2, 0.25) is 0 Å². The zero-order chi connectivity index (χ0) is 39.3. The second kappa shape index (κ2) is 17.6. The molecule has 3 aromatic carbocycles. The number of unbranched alkanes of at least 4 members (excludes halogenated alkanes) is 6. The standard InChI is InChI=1S/C48H46N2O4S3/c1-3-5-7-9-15-32-27-36(28-34(30-49)48(51)52)55-45(32)47-43-42(53-25-26-54-43)46(57-47)41-29-33(16-10-8-6-4-2)44(56-41)31-21-23-35(24-22-31)50-39-19-13-11-17-37(39)38-18-12-14-20-40(38)50/h11-14,17-24,27-29H,3-10,15-16,25-26H2,1-2H3,(H,51,52)/b34-28+. The van der Waals surface area contributed by atoms with Crippen molar-refractivity contribution in [3.63, 3.8) is 0 Å². The maximum absolute atomic E-state index is 11.8. The van der Waals surface area contributed by atoms with E-state index in [1.165, 1.54) is 85.8 Å². The number of carbonyl (C=O) groups is 1. The van der Waals surface area contributed by atoms with Crippen LogP contribution in [-0.2, 0) is 17.6 Å². The Kier molecular flexibility index (Phi) is 11.9. The molecule has 0 bridgehead atoms. The number of hydrogen-bond donors (Lipinski definition) is 1. The van der Waals surface area contributed by atoms with Gasteiger partial charge in [0.15, 0.2) is 11.5 Å². The number of rotatable bonds is 16. The van der Waals surface area contributed by atoms with E-state index in [4.69, 9.17) is 9.47 Å². The summed E-state index contributed by atoms with van der Waals surface area (Å²) in [5.41, 5.74) is 6.99. The van der Waals surface area contributed by atoms with Crippen molar-refractivity contribution in [2.75, 3.05) is 13.2 Å². The van der Waals surface area contributed by atoms with Crippen molar-refractivity contribution < 1.29 is 19.4 Å². The highest BCUT2D eigenvalue weighted by Gasteiger charge is 2.30. The van der Waals surface area contributed by atoms with Gasteiger partial charge in [-0.1, -0.05) is 101 Å². The van der Waals surface area contributed by atoms with E-state index < -0.39 is 5.97 Å². The summed E-state index contributed by atoms with van der Waals surface area (Å²) in [4.78, 5) is 18.1. The Morgan fingerprint density at radius 2 is 1.32 bits per heavy atom. The van der Waals surface area contributed by atoms with Crippen LogP contribution in [0.4, 0.5) is 0 Å². The number of aromatic nitrogens is 1. The lowest BCUT2D eigenvalue weighted by Crippen LogP contribution is -2.14. The molecule has 290 valence electrons. The van der Waals surface area contributed by atoms with Gasteiger partial charge in [0.05, 0.1) is 25.7 Å². The minimum atomic E-state index is -1.22. The van der Waals surface area contributed by atoms with Crippen LogP contribution in [0, 0.1) is 11.3 Å². The number of ether oxygens (including phenoxy) is 2. The Balaban J connectivity index is 1.20. The van der Waals surface area contributed by atoms with Crippen molar-refractivity contribution in [1.29, 1.82) is 5.26 Å². The lowest BCUT2D eigenvalue weighted by molar-refractivity contribution is -0.132. The van der Waals surface area contributed by atoms with Crippen molar-refractivity contribution in [2.45, 2.75) is 78.1 Å². The summed E-state index contributed by atoms with van der Waals surface area (Å²) in [6.45, 7) is 5.41. The molecule has 0 amide bonds. The zero-order valence-electron chi connectivity index (χ0n) is 32.4. The molecule has 8 rings (SSSR count). The van der Waals surface area contributed by atoms with Gasteiger partial charge in [-0.25, -0.2) is 4.79 Å². The zero-order valence-corrected chi connectivity index (χ0v) is 34.9. The summed E-state index contributed by atoms with van der Waals surface area (Å²) in [6.07, 6.45) is 12.6. The predicted octanol–water partition coefficient (Wildman–Crippen LogP) is 14.0. The van der Waals surface area contributed by atoms with Gasteiger partial charge < -0.3 is 19.1 Å². The van der Waals surface area contributed by atoms with Gasteiger partial charge in [-0.2, -0.15) is 5.26 Å². The Morgan fingerprint density at radius 1 is 0.719 bits per heavy atom. The van der Waals surface area contributed by atoms with Gasteiger partial charge in [-0.3, -0.25) is 0 Å². The van der Waals surface area contributed by atoms with Crippen molar-refractivity contribution >= 4 is 67.9 Å². The van der Waals surface area contributed by atoms with Gasteiger partial charge in [0.25, 0.3) is 0 Å². The van der Waals surface area contributed by atoms with Crippen LogP contribution in [0.1, 0.15) is 81.2 Å². The molecule has 0 atom stereocenters. The number of aryl methyl sites for hydroxylation is 2. The molecule has 1 aliphatic heterocycles. The summed E-state index contributed by atoms with van der Waals surface area (Å²) < 4.78 is 15.2. The molecular weight excluding hydrogens is 765 g/mol. The average molecular weight is 811 g/mol. The van der Waals surface area contributed by atoms with E-state index in [2.05, 4.69) is 103 Å². The number of thiophene rings is 3. The molecular formula is C48H46N2O4S3. The molecule has 0 radical (unpaired) electrons. The van der Waals surface area contributed by atoms with Crippen LogP contribution in [-0.4, -0.2) is 28.9 Å². The third kappa shape index (κ3) is 7.91. The van der Waals surface area contributed by atoms with Gasteiger partial charge in [-0.05, 0) is 84.8 Å². The number of carboxylic acid groups (broad SMARTS) is 1. The van der Waals surface area contributed by atoms with Crippen molar-refractivity contribution in [2.24, 2.45) is 0 Å². The van der Waals surface area contributed by atoms with E-state index >= 15 is 0 Å². The predicted molar refractivity (Wildman–Crippen MR) is 239 cm³/mol. The molecule has 7 aromatic rings. The molecule has 1 N–H and O–H groups in total. The van der Waals surface area contributed by atoms with Gasteiger partial charge >= 0.3 is 5.97 Å². The maximum atomic E-state index is 11.8. The number of hydrogen-bond acceptors (Lipinski definition) is 7. The highest BCUT2D eigenvalue weighted by atomic mass is 32.1. The first-order valence-corrected chi connectivity index (χ1v) is 22.6. The molecule has 0 saturated carbocycles. The van der Waals surface area contributed by atoms with Crippen LogP contribution in [0.5, 0.6) is 11.5 Å². The summed E-state index contributed by atoms with van der Waals surface area (Å²) in [6, 6.07) is 32.6. The molecule has 1 aliphatic rings. The van der Waals surface area contributed by atoms with Crippen molar-refractivity contribution in [1.82, 2.24) is 4.57 Å². The lowest BCUT2D eigenvalue weighted by Gasteiger charge is -2.17. The van der Waals surface area contributed by atoms with Crippen molar-refractivity contribution in [3.8, 4) is 53.2 Å². The van der Waals surface area contributed by atoms with Crippen LogP contribution in [0.3, 0.4) is 0 Å². The molecule has 5 heterocycles. The first-order chi connectivity index (χ1) is 28.0. The number of nitrogens with zero attached hydrogens (tertiary/aromatic N) is 2. The second-order valence-corrected chi connectivity index (χ2v) is 17.8. The first kappa shape index (κ1) is 38.7. The average Bonchev–Trinajstić information content (AvgIpc) is 4.02. The molecule has 0 spiro atoms. The minimum Gasteiger partial charge on any atom is -0.485 e. The summed E-state index contributed by atoms with van der Waals surface area (Å²) >= 11 is 5.05. The minimum absolute atomic E-state index is 0.269. The summed E-state index contributed by atoms with van der Waals surface area (Å²) in [7, 11) is 0. The highest BCUT2D eigenvalue weighted by Crippen LogP contribution is 2.57. The molecule has 0 saturated heterocycles. The molecule has 0 aliphatic carbocycles. The Bertz CT molecular complexity index is 2560. The van der Waals surface area contributed by atoms with E-state index in [0.29, 0.717) is 13.2 Å². The Hall–Kier alpha value is -5.14. The van der Waals surface area contributed by atoms with Crippen LogP contribution >= 0.6 is 34.0 Å². The molecule has 9 heteroatoms. The van der Waals surface area contributed by atoms with Crippen LogP contribution in [0.15, 0.2) is 90.5 Å². The molecule has 6 nitrogen and oxygen atoms in total. The molecule has 0 unspecified atom stereocenters. The largest absolute Gasteiger partial charge is 0.485 e. The second-order valence-electron chi connectivity index (χ2n) is 14.6. The normalized spacial score (nSPS) is 12.8. The molecule has 0 fully saturated rings. The monoisotopic (exact) mass is 810 g/mol. The number of benzene rings is 3. The SMILES string of the molecule is CCCCCCc1cc(-c2sc(-c3sc(/C=C(\C#N)C(=O)O)cc3CCCCCC)c3c2OCCO3)sc1-c1ccc(-n2c3ccccc3c3ccccc32)cc1. The van der Waals surface area contributed by atoms with Crippen LogP contribution in [0.25, 0.3) is 63.5 Å². The number of carboxylic acids is 1. The smallest absolute Gasteiger partial charge is 0.346 e. The maximum Gasteiger partial charge on any atom is 0.346 e. The Morgan fingerprint density at radius 3 is 1.91 bits per heavy atom. The highest BCUT2D eigenvalue weighted by molar-refractivity contribution is 7.28. The topological polar surface area (TPSA) is 84.5 Å². The van der Waals surface area contributed by atoms with Gasteiger partial charge in [0.1, 0.15) is 24.9 Å². The fourth-order valence-corrected chi connectivity index (χ4v) is 11.7. The molecule has 57 heavy (non-hydrogen) atoms. The van der Waals surface area contributed by atoms with Crippen molar-refractivity contribution in [3.05, 3.63) is 107 Å². The number of para-hydroxylation sites is 2.